The molecule has 0 heterocycles. The maximum atomic E-state index is 11.9. The van der Waals surface area contributed by atoms with Crippen LogP contribution in [-0.4, -0.2) is 59.9 Å². The smallest absolute Gasteiger partial charge is 0.252 e. The van der Waals surface area contributed by atoms with Gasteiger partial charge in [-0.1, -0.05) is 6.08 Å². The van der Waals surface area contributed by atoms with Crippen LogP contribution in [0, 0.1) is 0 Å². The number of nitrogens with zero attached hydrogens (tertiary/aromatic N) is 1. The summed E-state index contributed by atoms with van der Waals surface area (Å²) in [5.41, 5.74) is 5.04. The first-order chi connectivity index (χ1) is 11.7. The molecule has 25 heavy (non-hydrogen) atoms. The molecular weight excluding hydrogens is 332 g/mol. The number of nitrogens with two attached hydrogens (primary N) is 1. The van der Waals surface area contributed by atoms with Crippen LogP contribution in [0.3, 0.4) is 0 Å². The topological polar surface area (TPSA) is 156 Å². The molecule has 0 bridgehead atoms. The molecule has 0 aromatic rings. The van der Waals surface area contributed by atoms with Gasteiger partial charge in [0.25, 0.3) is 5.91 Å². The molecule has 0 aliphatic rings. The Morgan fingerprint density at radius 3 is 2.32 bits per heavy atom. The molecule has 0 aliphatic heterocycles. The lowest BCUT2D eigenvalue weighted by atomic mass is 10.1. The minimum absolute atomic E-state index is 0.198. The van der Waals surface area contributed by atoms with Crippen molar-refractivity contribution in [3.8, 4) is 0 Å². The van der Waals surface area contributed by atoms with Crippen LogP contribution in [0.15, 0.2) is 12.2 Å². The van der Waals surface area contributed by atoms with E-state index < -0.39 is 36.1 Å². The van der Waals surface area contributed by atoms with Gasteiger partial charge in [0, 0.05) is 13.0 Å². The largest absolute Gasteiger partial charge is 0.370 e. The van der Waals surface area contributed by atoms with Crippen molar-refractivity contribution in [2.75, 3.05) is 13.1 Å². The number of hydrogen-bond donors (Lipinski definition) is 3. The fourth-order valence-corrected chi connectivity index (χ4v) is 1.69. The van der Waals surface area contributed by atoms with Crippen LogP contribution in [0.4, 0.5) is 0 Å². The van der Waals surface area contributed by atoms with E-state index in [0.717, 1.165) is 11.0 Å². The SMILES string of the molecule is C/C=C\C(=O)N(C=O)CCC(=O)NC(CC(N)=O)C(=O)NCC(C)=O. The molecule has 0 rings (SSSR count). The van der Waals surface area contributed by atoms with Crippen LogP contribution in [0.1, 0.15) is 26.7 Å². The zero-order valence-electron chi connectivity index (χ0n) is 14.1. The highest BCUT2D eigenvalue weighted by atomic mass is 16.2. The molecule has 0 aromatic heterocycles. The average molecular weight is 354 g/mol. The van der Waals surface area contributed by atoms with Gasteiger partial charge in [-0.3, -0.25) is 33.7 Å². The molecule has 5 amide bonds. The number of ketones is 1. The third kappa shape index (κ3) is 9.64. The zero-order chi connectivity index (χ0) is 19.4. The lowest BCUT2D eigenvalue weighted by molar-refractivity contribution is -0.135. The first-order valence-electron chi connectivity index (χ1n) is 7.44. The Morgan fingerprint density at radius 2 is 1.84 bits per heavy atom. The van der Waals surface area contributed by atoms with E-state index in [1.54, 1.807) is 6.92 Å². The van der Waals surface area contributed by atoms with Crippen molar-refractivity contribution >= 4 is 35.8 Å². The average Bonchev–Trinajstić information content (AvgIpc) is 2.52. The highest BCUT2D eigenvalue weighted by molar-refractivity contribution is 5.95. The number of rotatable bonds is 11. The van der Waals surface area contributed by atoms with Crippen molar-refractivity contribution in [1.29, 1.82) is 0 Å². The highest BCUT2D eigenvalue weighted by Gasteiger charge is 2.23. The molecule has 0 aliphatic carbocycles. The van der Waals surface area contributed by atoms with Gasteiger partial charge < -0.3 is 16.4 Å². The maximum Gasteiger partial charge on any atom is 0.252 e. The van der Waals surface area contributed by atoms with E-state index in [2.05, 4.69) is 10.6 Å². The molecule has 0 saturated heterocycles. The molecule has 0 fully saturated rings. The van der Waals surface area contributed by atoms with Crippen molar-refractivity contribution in [3.05, 3.63) is 12.2 Å². The highest BCUT2D eigenvalue weighted by Crippen LogP contribution is 1.96. The fourth-order valence-electron chi connectivity index (χ4n) is 1.69. The normalized spacial score (nSPS) is 11.4. The Balaban J connectivity index is 4.72. The quantitative estimate of drug-likeness (QED) is 0.288. The Hall–Kier alpha value is -3.04. The van der Waals surface area contributed by atoms with Crippen molar-refractivity contribution in [2.24, 2.45) is 5.73 Å². The summed E-state index contributed by atoms with van der Waals surface area (Å²) < 4.78 is 0. The van der Waals surface area contributed by atoms with Gasteiger partial charge in [0.2, 0.25) is 24.1 Å². The predicted octanol–water partition coefficient (Wildman–Crippen LogP) is -2.00. The van der Waals surface area contributed by atoms with Crippen molar-refractivity contribution in [1.82, 2.24) is 15.5 Å². The third-order valence-electron chi connectivity index (χ3n) is 2.87. The van der Waals surface area contributed by atoms with Gasteiger partial charge in [-0.15, -0.1) is 0 Å². The molecule has 1 unspecified atom stereocenters. The van der Waals surface area contributed by atoms with Gasteiger partial charge in [0.1, 0.15) is 11.8 Å². The van der Waals surface area contributed by atoms with Crippen LogP contribution in [0.5, 0.6) is 0 Å². The Labute approximate surface area is 144 Å². The number of amides is 5. The minimum atomic E-state index is -1.25. The molecule has 10 nitrogen and oxygen atoms in total. The molecule has 1 atom stereocenters. The van der Waals surface area contributed by atoms with Gasteiger partial charge in [-0.05, 0) is 19.9 Å². The molecule has 138 valence electrons. The summed E-state index contributed by atoms with van der Waals surface area (Å²) in [6.45, 7) is 2.41. The molecule has 0 aromatic carbocycles. The standard InChI is InChI=1S/C15H22N4O6/c1-3-4-14(24)19(9-20)6-5-13(23)18-11(7-12(16)22)15(25)17-8-10(2)21/h3-4,9,11H,5-8H2,1-2H3,(H2,16,22)(H,17,25)(H,18,23)/b4-3-. The van der Waals surface area contributed by atoms with Crippen molar-refractivity contribution in [3.63, 3.8) is 0 Å². The summed E-state index contributed by atoms with van der Waals surface area (Å²) >= 11 is 0. The van der Waals surface area contributed by atoms with Crippen molar-refractivity contribution < 1.29 is 28.8 Å². The van der Waals surface area contributed by atoms with Crippen LogP contribution in [0.25, 0.3) is 0 Å². The molecule has 4 N–H and O–H groups in total. The van der Waals surface area contributed by atoms with E-state index in [-0.39, 0.29) is 31.7 Å². The lowest BCUT2D eigenvalue weighted by Crippen LogP contribution is -2.49. The Morgan fingerprint density at radius 1 is 1.20 bits per heavy atom. The van der Waals surface area contributed by atoms with Crippen LogP contribution in [0.2, 0.25) is 0 Å². The molecule has 0 spiro atoms. The lowest BCUT2D eigenvalue weighted by Gasteiger charge is -2.18. The molecule has 10 heteroatoms. The molecule has 0 saturated carbocycles. The van der Waals surface area contributed by atoms with Gasteiger partial charge in [0.05, 0.1) is 13.0 Å². The Kier molecular flexibility index (Phi) is 10.1. The van der Waals surface area contributed by atoms with Crippen molar-refractivity contribution in [2.45, 2.75) is 32.7 Å². The van der Waals surface area contributed by atoms with Gasteiger partial charge in [-0.2, -0.15) is 0 Å². The summed E-state index contributed by atoms with van der Waals surface area (Å²) in [4.78, 5) is 68.8. The first-order valence-corrected chi connectivity index (χ1v) is 7.44. The number of carbonyl (C=O) groups is 6. The van der Waals surface area contributed by atoms with E-state index in [1.807, 2.05) is 0 Å². The maximum absolute atomic E-state index is 11.9. The van der Waals surface area contributed by atoms with E-state index >= 15 is 0 Å². The van der Waals surface area contributed by atoms with E-state index in [1.165, 1.54) is 13.0 Å². The van der Waals surface area contributed by atoms with E-state index in [9.17, 15) is 28.8 Å². The molecule has 0 radical (unpaired) electrons. The number of primary amides is 1. The second-order valence-corrected chi connectivity index (χ2v) is 5.10. The molecular formula is C15H22N4O6. The number of imide groups is 1. The number of nitrogens with one attached hydrogen (secondary N) is 2. The zero-order valence-corrected chi connectivity index (χ0v) is 14.1. The number of hydrogen-bond acceptors (Lipinski definition) is 6. The predicted molar refractivity (Wildman–Crippen MR) is 86.6 cm³/mol. The van der Waals surface area contributed by atoms with Crippen LogP contribution in [-0.2, 0) is 28.8 Å². The summed E-state index contributed by atoms with van der Waals surface area (Å²) in [6.07, 6.45) is 2.18. The second-order valence-electron chi connectivity index (χ2n) is 5.10. The summed E-state index contributed by atoms with van der Waals surface area (Å²) in [5, 5.41) is 4.55. The third-order valence-corrected chi connectivity index (χ3v) is 2.87. The van der Waals surface area contributed by atoms with Gasteiger partial charge in [0.15, 0.2) is 0 Å². The summed E-state index contributed by atoms with van der Waals surface area (Å²) in [5.74, 6) is -3.11. The minimum Gasteiger partial charge on any atom is -0.370 e. The second kappa shape index (κ2) is 11.5. The van der Waals surface area contributed by atoms with E-state index in [4.69, 9.17) is 5.73 Å². The number of allylic oxidation sites excluding steroid dienone is 1. The number of Topliss-reactive ketones (excluding diaryl/α,β-unsaturated/α-hetero) is 1. The van der Waals surface area contributed by atoms with Gasteiger partial charge >= 0.3 is 0 Å². The summed E-state index contributed by atoms with van der Waals surface area (Å²) in [6, 6.07) is -1.25. The van der Waals surface area contributed by atoms with Gasteiger partial charge in [-0.25, -0.2) is 0 Å². The fraction of sp³-hybridized carbons (Fsp3) is 0.467. The van der Waals surface area contributed by atoms with Crippen LogP contribution < -0.4 is 16.4 Å². The van der Waals surface area contributed by atoms with Crippen LogP contribution >= 0.6 is 0 Å². The monoisotopic (exact) mass is 354 g/mol. The Bertz CT molecular complexity index is 572. The number of carbonyl (C=O) groups excluding carboxylic acids is 6. The van der Waals surface area contributed by atoms with E-state index in [0.29, 0.717) is 0 Å². The first kappa shape index (κ1) is 22.0. The summed E-state index contributed by atoms with van der Waals surface area (Å²) in [7, 11) is 0.